The molecule has 1 aromatic heterocycles. The van der Waals surface area contributed by atoms with E-state index in [0.29, 0.717) is 26.0 Å². The number of nitrogens with zero attached hydrogens (tertiary/aromatic N) is 1. The van der Waals surface area contributed by atoms with Gasteiger partial charge in [0.1, 0.15) is 10.8 Å². The van der Waals surface area contributed by atoms with Gasteiger partial charge < -0.3 is 10.1 Å². The third-order valence-electron chi connectivity index (χ3n) is 3.95. The summed E-state index contributed by atoms with van der Waals surface area (Å²) in [6, 6.07) is 17.8. The first-order valence-electron chi connectivity index (χ1n) is 8.67. The molecule has 0 saturated carbocycles. The number of benzene rings is 2. The van der Waals surface area contributed by atoms with Gasteiger partial charge in [0.2, 0.25) is 5.91 Å². The lowest BCUT2D eigenvalue weighted by Gasteiger charge is -2.06. The van der Waals surface area contributed by atoms with E-state index in [4.69, 9.17) is 4.74 Å². The van der Waals surface area contributed by atoms with Crippen molar-refractivity contribution >= 4 is 17.2 Å². The smallest absolute Gasteiger partial charge is 0.220 e. The molecule has 5 heteroatoms. The molecule has 0 atom stereocenters. The van der Waals surface area contributed by atoms with Crippen molar-refractivity contribution in [1.29, 1.82) is 0 Å². The van der Waals surface area contributed by atoms with Crippen LogP contribution < -0.4 is 10.1 Å². The SMILES string of the molecule is Cc1ccccc1-c1nc(CNC(=O)CCCOc2ccccc2)cs1. The molecule has 1 N–H and O–H groups in total. The van der Waals surface area contributed by atoms with Crippen LogP contribution in [0.3, 0.4) is 0 Å². The van der Waals surface area contributed by atoms with Gasteiger partial charge >= 0.3 is 0 Å². The van der Waals surface area contributed by atoms with E-state index in [1.54, 1.807) is 11.3 Å². The molecule has 26 heavy (non-hydrogen) atoms. The lowest BCUT2D eigenvalue weighted by molar-refractivity contribution is -0.121. The molecular formula is C21H22N2O2S. The van der Waals surface area contributed by atoms with E-state index < -0.39 is 0 Å². The number of nitrogens with one attached hydrogen (secondary N) is 1. The zero-order chi connectivity index (χ0) is 18.2. The third-order valence-corrected chi connectivity index (χ3v) is 4.88. The molecule has 134 valence electrons. The van der Waals surface area contributed by atoms with Crippen LogP contribution in [0.25, 0.3) is 10.6 Å². The van der Waals surface area contributed by atoms with E-state index in [0.717, 1.165) is 22.0 Å². The number of hydrogen-bond donors (Lipinski definition) is 1. The molecule has 0 unspecified atom stereocenters. The molecule has 3 aromatic rings. The molecule has 0 aliphatic carbocycles. The van der Waals surface area contributed by atoms with Gasteiger partial charge in [0, 0.05) is 17.4 Å². The maximum absolute atomic E-state index is 12.0. The van der Waals surface area contributed by atoms with Crippen molar-refractivity contribution < 1.29 is 9.53 Å². The Hall–Kier alpha value is -2.66. The van der Waals surface area contributed by atoms with Crippen LogP contribution >= 0.6 is 11.3 Å². The second-order valence-electron chi connectivity index (χ2n) is 6.00. The van der Waals surface area contributed by atoms with Crippen molar-refractivity contribution in [2.24, 2.45) is 0 Å². The number of carbonyl (C=O) groups excluding carboxylic acids is 1. The Morgan fingerprint density at radius 2 is 1.88 bits per heavy atom. The Kier molecular flexibility index (Phi) is 6.39. The van der Waals surface area contributed by atoms with Gasteiger partial charge in [-0.1, -0.05) is 42.5 Å². The number of amides is 1. The fraction of sp³-hybridized carbons (Fsp3) is 0.238. The van der Waals surface area contributed by atoms with Crippen molar-refractivity contribution in [3.05, 3.63) is 71.2 Å². The summed E-state index contributed by atoms with van der Waals surface area (Å²) in [6.45, 7) is 3.07. The Labute approximate surface area is 157 Å². The number of ether oxygens (including phenoxy) is 1. The molecule has 1 amide bonds. The maximum atomic E-state index is 12.0. The van der Waals surface area contributed by atoms with E-state index in [9.17, 15) is 4.79 Å². The standard InChI is InChI=1S/C21H22N2O2S/c1-16-8-5-6-11-19(16)21-23-17(15-26-21)14-22-20(24)12-7-13-25-18-9-3-2-4-10-18/h2-6,8-11,15H,7,12-14H2,1H3,(H,22,24). The fourth-order valence-corrected chi connectivity index (χ4v) is 3.45. The van der Waals surface area contributed by atoms with Crippen LogP contribution in [-0.4, -0.2) is 17.5 Å². The van der Waals surface area contributed by atoms with Gasteiger partial charge in [0.15, 0.2) is 0 Å². The van der Waals surface area contributed by atoms with Gasteiger partial charge in [-0.2, -0.15) is 0 Å². The molecule has 0 aliphatic heterocycles. The second kappa shape index (κ2) is 9.15. The monoisotopic (exact) mass is 366 g/mol. The summed E-state index contributed by atoms with van der Waals surface area (Å²) >= 11 is 1.61. The van der Waals surface area contributed by atoms with Crippen LogP contribution in [0.15, 0.2) is 60.0 Å². The number of hydrogen-bond acceptors (Lipinski definition) is 4. The van der Waals surface area contributed by atoms with Crippen LogP contribution in [-0.2, 0) is 11.3 Å². The predicted molar refractivity (Wildman–Crippen MR) is 105 cm³/mol. The Bertz CT molecular complexity index is 846. The number of carbonyl (C=O) groups is 1. The molecule has 0 fully saturated rings. The Balaban J connectivity index is 1.40. The minimum atomic E-state index is 0.0205. The summed E-state index contributed by atoms with van der Waals surface area (Å²) in [5, 5.41) is 5.92. The maximum Gasteiger partial charge on any atom is 0.220 e. The average molecular weight is 366 g/mol. The van der Waals surface area contributed by atoms with E-state index in [1.807, 2.05) is 47.8 Å². The van der Waals surface area contributed by atoms with E-state index >= 15 is 0 Å². The van der Waals surface area contributed by atoms with Crippen LogP contribution in [0.5, 0.6) is 5.75 Å². The predicted octanol–water partition coefficient (Wildman–Crippen LogP) is 4.59. The topological polar surface area (TPSA) is 51.2 Å². The lowest BCUT2D eigenvalue weighted by atomic mass is 10.1. The highest BCUT2D eigenvalue weighted by molar-refractivity contribution is 7.13. The molecule has 0 radical (unpaired) electrons. The minimum absolute atomic E-state index is 0.0205. The van der Waals surface area contributed by atoms with Gasteiger partial charge in [0.05, 0.1) is 18.8 Å². The molecule has 0 saturated heterocycles. The van der Waals surface area contributed by atoms with Gasteiger partial charge in [-0.3, -0.25) is 4.79 Å². The molecule has 4 nitrogen and oxygen atoms in total. The first kappa shape index (κ1) is 18.1. The van der Waals surface area contributed by atoms with Crippen molar-refractivity contribution in [3.63, 3.8) is 0 Å². The van der Waals surface area contributed by atoms with Crippen LogP contribution in [0.2, 0.25) is 0 Å². The van der Waals surface area contributed by atoms with Crippen molar-refractivity contribution in [1.82, 2.24) is 10.3 Å². The zero-order valence-corrected chi connectivity index (χ0v) is 15.6. The van der Waals surface area contributed by atoms with Crippen LogP contribution in [0.1, 0.15) is 24.1 Å². The Morgan fingerprint density at radius 3 is 2.69 bits per heavy atom. The van der Waals surface area contributed by atoms with Gasteiger partial charge in [-0.25, -0.2) is 4.98 Å². The average Bonchev–Trinajstić information content (AvgIpc) is 3.13. The summed E-state index contributed by atoms with van der Waals surface area (Å²) in [5.74, 6) is 0.853. The minimum Gasteiger partial charge on any atom is -0.494 e. The van der Waals surface area contributed by atoms with Crippen LogP contribution in [0, 0.1) is 6.92 Å². The van der Waals surface area contributed by atoms with E-state index in [1.165, 1.54) is 5.56 Å². The van der Waals surface area contributed by atoms with Gasteiger partial charge in [-0.05, 0) is 31.0 Å². The summed E-state index contributed by atoms with van der Waals surface area (Å²) in [6.07, 6.45) is 1.13. The molecule has 1 heterocycles. The first-order chi connectivity index (χ1) is 12.7. The summed E-state index contributed by atoms with van der Waals surface area (Å²) in [4.78, 5) is 16.6. The largest absolute Gasteiger partial charge is 0.494 e. The van der Waals surface area contributed by atoms with Crippen molar-refractivity contribution in [3.8, 4) is 16.3 Å². The third kappa shape index (κ3) is 5.17. The van der Waals surface area contributed by atoms with E-state index in [-0.39, 0.29) is 5.91 Å². The van der Waals surface area contributed by atoms with E-state index in [2.05, 4.69) is 29.4 Å². The molecule has 0 aliphatic rings. The highest BCUT2D eigenvalue weighted by Crippen LogP contribution is 2.26. The molecule has 2 aromatic carbocycles. The number of aryl methyl sites for hydroxylation is 1. The Morgan fingerprint density at radius 1 is 1.12 bits per heavy atom. The summed E-state index contributed by atoms with van der Waals surface area (Å²) < 4.78 is 5.59. The molecule has 0 bridgehead atoms. The number of rotatable bonds is 8. The lowest BCUT2D eigenvalue weighted by Crippen LogP contribution is -2.23. The summed E-state index contributed by atoms with van der Waals surface area (Å²) in [5.41, 5.74) is 3.24. The first-order valence-corrected chi connectivity index (χ1v) is 9.55. The normalized spacial score (nSPS) is 10.5. The van der Waals surface area contributed by atoms with Gasteiger partial charge in [0.25, 0.3) is 0 Å². The number of thiazole rings is 1. The zero-order valence-electron chi connectivity index (χ0n) is 14.8. The number of aromatic nitrogens is 1. The molecule has 0 spiro atoms. The fourth-order valence-electron chi connectivity index (χ4n) is 2.54. The highest BCUT2D eigenvalue weighted by Gasteiger charge is 2.08. The summed E-state index contributed by atoms with van der Waals surface area (Å²) in [7, 11) is 0. The highest BCUT2D eigenvalue weighted by atomic mass is 32.1. The van der Waals surface area contributed by atoms with Crippen molar-refractivity contribution in [2.75, 3.05) is 6.61 Å². The molecule has 3 rings (SSSR count). The molecular weight excluding hydrogens is 344 g/mol. The second-order valence-corrected chi connectivity index (χ2v) is 6.86. The quantitative estimate of drug-likeness (QED) is 0.593. The van der Waals surface area contributed by atoms with Gasteiger partial charge in [-0.15, -0.1) is 11.3 Å². The van der Waals surface area contributed by atoms with Crippen molar-refractivity contribution in [2.45, 2.75) is 26.3 Å². The number of para-hydroxylation sites is 1. The van der Waals surface area contributed by atoms with Crippen LogP contribution in [0.4, 0.5) is 0 Å².